The summed E-state index contributed by atoms with van der Waals surface area (Å²) >= 11 is 0. The molecule has 0 spiro atoms. The SMILES string of the molecule is COC1(CCCOCc2ccc3ccccc3c2)CCOCC1. The van der Waals surface area contributed by atoms with Gasteiger partial charge in [-0.2, -0.15) is 0 Å². The van der Waals surface area contributed by atoms with Gasteiger partial charge in [0.1, 0.15) is 0 Å². The molecule has 1 fully saturated rings. The van der Waals surface area contributed by atoms with Crippen molar-refractivity contribution in [1.29, 1.82) is 0 Å². The predicted molar refractivity (Wildman–Crippen MR) is 92.6 cm³/mol. The van der Waals surface area contributed by atoms with Crippen molar-refractivity contribution >= 4 is 10.8 Å². The Bertz CT molecular complexity index is 617. The summed E-state index contributed by atoms with van der Waals surface area (Å²) in [5.74, 6) is 0. The second-order valence-electron chi connectivity index (χ2n) is 6.34. The second kappa shape index (κ2) is 7.91. The van der Waals surface area contributed by atoms with Gasteiger partial charge < -0.3 is 14.2 Å². The van der Waals surface area contributed by atoms with Crippen LogP contribution in [0.15, 0.2) is 42.5 Å². The van der Waals surface area contributed by atoms with Crippen LogP contribution in [-0.4, -0.2) is 32.5 Å². The minimum Gasteiger partial charge on any atom is -0.381 e. The van der Waals surface area contributed by atoms with Crippen LogP contribution in [0, 0.1) is 0 Å². The summed E-state index contributed by atoms with van der Waals surface area (Å²) in [7, 11) is 1.82. The Kier molecular flexibility index (Phi) is 5.65. The zero-order valence-electron chi connectivity index (χ0n) is 13.9. The van der Waals surface area contributed by atoms with Crippen LogP contribution in [0.1, 0.15) is 31.2 Å². The predicted octanol–water partition coefficient (Wildman–Crippen LogP) is 4.33. The maximum Gasteiger partial charge on any atom is 0.0723 e. The molecular weight excluding hydrogens is 288 g/mol. The highest BCUT2D eigenvalue weighted by Gasteiger charge is 2.31. The molecule has 124 valence electrons. The van der Waals surface area contributed by atoms with Gasteiger partial charge in [-0.3, -0.25) is 0 Å². The highest BCUT2D eigenvalue weighted by molar-refractivity contribution is 5.82. The fraction of sp³-hybridized carbons (Fsp3) is 0.500. The Morgan fingerprint density at radius 3 is 2.61 bits per heavy atom. The van der Waals surface area contributed by atoms with Crippen LogP contribution in [0.3, 0.4) is 0 Å². The van der Waals surface area contributed by atoms with Crippen molar-refractivity contribution < 1.29 is 14.2 Å². The first kappa shape index (κ1) is 16.4. The molecule has 0 aromatic heterocycles. The summed E-state index contributed by atoms with van der Waals surface area (Å²) in [6.07, 6.45) is 4.06. The van der Waals surface area contributed by atoms with Gasteiger partial charge in [0.25, 0.3) is 0 Å². The maximum atomic E-state index is 5.86. The summed E-state index contributed by atoms with van der Waals surface area (Å²) in [5, 5.41) is 2.55. The van der Waals surface area contributed by atoms with E-state index < -0.39 is 0 Å². The van der Waals surface area contributed by atoms with Gasteiger partial charge in [-0.15, -0.1) is 0 Å². The highest BCUT2D eigenvalue weighted by atomic mass is 16.5. The van der Waals surface area contributed by atoms with E-state index in [9.17, 15) is 0 Å². The average molecular weight is 314 g/mol. The van der Waals surface area contributed by atoms with E-state index in [-0.39, 0.29) is 5.60 Å². The fourth-order valence-corrected chi connectivity index (χ4v) is 3.31. The third-order valence-electron chi connectivity index (χ3n) is 4.84. The minimum atomic E-state index is 0.00452. The van der Waals surface area contributed by atoms with Gasteiger partial charge in [0.2, 0.25) is 0 Å². The lowest BCUT2D eigenvalue weighted by atomic mass is 9.89. The molecule has 1 aliphatic rings. The molecule has 0 bridgehead atoms. The fourth-order valence-electron chi connectivity index (χ4n) is 3.31. The molecule has 23 heavy (non-hydrogen) atoms. The van der Waals surface area contributed by atoms with Crippen molar-refractivity contribution in [3.8, 4) is 0 Å². The first-order chi connectivity index (χ1) is 11.3. The van der Waals surface area contributed by atoms with Crippen molar-refractivity contribution in [2.75, 3.05) is 26.9 Å². The molecule has 1 aliphatic heterocycles. The van der Waals surface area contributed by atoms with Gasteiger partial charge in [-0.1, -0.05) is 36.4 Å². The lowest BCUT2D eigenvalue weighted by Gasteiger charge is -2.36. The molecule has 3 rings (SSSR count). The molecule has 0 N–H and O–H groups in total. The Balaban J connectivity index is 1.43. The van der Waals surface area contributed by atoms with E-state index in [0.29, 0.717) is 6.61 Å². The topological polar surface area (TPSA) is 27.7 Å². The summed E-state index contributed by atoms with van der Waals surface area (Å²) in [4.78, 5) is 0. The molecule has 2 aromatic carbocycles. The van der Waals surface area contributed by atoms with Gasteiger partial charge in [-0.05, 0) is 48.1 Å². The summed E-state index contributed by atoms with van der Waals surface area (Å²) in [5.41, 5.74) is 1.24. The molecule has 1 heterocycles. The molecule has 0 amide bonds. The van der Waals surface area contributed by atoms with Gasteiger partial charge in [0.05, 0.1) is 12.2 Å². The highest BCUT2D eigenvalue weighted by Crippen LogP contribution is 2.29. The van der Waals surface area contributed by atoms with Crippen LogP contribution in [0.5, 0.6) is 0 Å². The molecule has 1 saturated heterocycles. The van der Waals surface area contributed by atoms with Crippen LogP contribution in [0.2, 0.25) is 0 Å². The third kappa shape index (κ3) is 4.31. The number of fused-ring (bicyclic) bond motifs is 1. The third-order valence-corrected chi connectivity index (χ3v) is 4.84. The summed E-state index contributed by atoms with van der Waals surface area (Å²) < 4.78 is 17.1. The monoisotopic (exact) mass is 314 g/mol. The van der Waals surface area contributed by atoms with Crippen LogP contribution in [0.4, 0.5) is 0 Å². The van der Waals surface area contributed by atoms with E-state index in [1.807, 2.05) is 7.11 Å². The summed E-state index contributed by atoms with van der Waals surface area (Å²) in [6, 6.07) is 15.0. The van der Waals surface area contributed by atoms with E-state index in [0.717, 1.165) is 45.5 Å². The molecule has 0 atom stereocenters. The summed E-state index contributed by atoms with van der Waals surface area (Å²) in [6.45, 7) is 3.07. The molecule has 0 radical (unpaired) electrons. The minimum absolute atomic E-state index is 0.00452. The maximum absolute atomic E-state index is 5.86. The Hall–Kier alpha value is -1.42. The van der Waals surface area contributed by atoms with Gasteiger partial charge >= 0.3 is 0 Å². The van der Waals surface area contributed by atoms with Crippen molar-refractivity contribution in [1.82, 2.24) is 0 Å². The lowest BCUT2D eigenvalue weighted by Crippen LogP contribution is -2.38. The van der Waals surface area contributed by atoms with Gasteiger partial charge in [0.15, 0.2) is 0 Å². The number of benzene rings is 2. The van der Waals surface area contributed by atoms with Crippen molar-refractivity contribution in [3.05, 3.63) is 48.0 Å². The van der Waals surface area contributed by atoms with E-state index >= 15 is 0 Å². The van der Waals surface area contributed by atoms with E-state index in [4.69, 9.17) is 14.2 Å². The first-order valence-electron chi connectivity index (χ1n) is 8.50. The molecule has 3 nitrogen and oxygen atoms in total. The zero-order chi connectivity index (χ0) is 16.0. The Morgan fingerprint density at radius 1 is 1.04 bits per heavy atom. The van der Waals surface area contributed by atoms with E-state index in [1.165, 1.54) is 16.3 Å². The number of ether oxygens (including phenoxy) is 3. The molecule has 3 heteroatoms. The van der Waals surface area contributed by atoms with Crippen molar-refractivity contribution in [3.63, 3.8) is 0 Å². The Labute approximate surface area is 138 Å². The Morgan fingerprint density at radius 2 is 1.83 bits per heavy atom. The normalized spacial score (nSPS) is 17.4. The van der Waals surface area contributed by atoms with E-state index in [1.54, 1.807) is 0 Å². The van der Waals surface area contributed by atoms with E-state index in [2.05, 4.69) is 42.5 Å². The molecule has 0 aliphatic carbocycles. The zero-order valence-corrected chi connectivity index (χ0v) is 13.9. The number of hydrogen-bond donors (Lipinski definition) is 0. The van der Waals surface area contributed by atoms with Crippen LogP contribution in [0.25, 0.3) is 10.8 Å². The molecule has 0 saturated carbocycles. The average Bonchev–Trinajstić information content (AvgIpc) is 2.62. The van der Waals surface area contributed by atoms with Crippen LogP contribution >= 0.6 is 0 Å². The lowest BCUT2D eigenvalue weighted by molar-refractivity contribution is -0.0972. The van der Waals surface area contributed by atoms with Gasteiger partial charge in [-0.25, -0.2) is 0 Å². The molecule has 2 aromatic rings. The second-order valence-corrected chi connectivity index (χ2v) is 6.34. The quantitative estimate of drug-likeness (QED) is 0.712. The van der Waals surface area contributed by atoms with Gasteiger partial charge in [0, 0.05) is 26.9 Å². The number of hydrogen-bond acceptors (Lipinski definition) is 3. The standard InChI is InChI=1S/C20H26O3/c1-21-20(10-13-22-14-11-20)9-4-12-23-16-17-7-8-18-5-2-3-6-19(18)15-17/h2-3,5-8,15H,4,9-14,16H2,1H3. The van der Waals surface area contributed by atoms with Crippen molar-refractivity contribution in [2.45, 2.75) is 37.9 Å². The largest absolute Gasteiger partial charge is 0.381 e. The molecule has 0 unspecified atom stereocenters. The van der Waals surface area contributed by atoms with Crippen LogP contribution in [-0.2, 0) is 20.8 Å². The molecular formula is C20H26O3. The number of rotatable bonds is 7. The first-order valence-corrected chi connectivity index (χ1v) is 8.50. The smallest absolute Gasteiger partial charge is 0.0723 e. The van der Waals surface area contributed by atoms with Crippen molar-refractivity contribution in [2.24, 2.45) is 0 Å². The number of methoxy groups -OCH3 is 1. The van der Waals surface area contributed by atoms with Crippen LogP contribution < -0.4 is 0 Å².